The zero-order valence-electron chi connectivity index (χ0n) is 9.10. The topological polar surface area (TPSA) is 29.5 Å². The van der Waals surface area contributed by atoms with Crippen LogP contribution in [-0.2, 0) is 11.3 Å². The fourth-order valence-corrected chi connectivity index (χ4v) is 1.35. The maximum absolute atomic E-state index is 9.45. The number of rotatable bonds is 6. The third kappa shape index (κ3) is 4.28. The highest BCUT2D eigenvalue weighted by Gasteiger charge is 2.13. The van der Waals surface area contributed by atoms with Gasteiger partial charge in [-0.2, -0.15) is 0 Å². The SMILES string of the molecule is C=CC[C@H](OCc1ccccc1)[C@@H](C)O. The Hall–Kier alpha value is -1.12. The smallest absolute Gasteiger partial charge is 0.0869 e. The van der Waals surface area contributed by atoms with Gasteiger partial charge in [-0.25, -0.2) is 0 Å². The van der Waals surface area contributed by atoms with Crippen molar-refractivity contribution in [2.45, 2.75) is 32.2 Å². The van der Waals surface area contributed by atoms with Gasteiger partial charge >= 0.3 is 0 Å². The van der Waals surface area contributed by atoms with Crippen molar-refractivity contribution in [2.75, 3.05) is 0 Å². The standard InChI is InChI=1S/C13H18O2/c1-3-7-13(11(2)14)15-10-12-8-5-4-6-9-12/h3-6,8-9,11,13-14H,1,7,10H2,2H3/t11-,13+/m1/s1. The summed E-state index contributed by atoms with van der Waals surface area (Å²) in [6.07, 6.45) is 1.81. The molecule has 1 rings (SSSR count). The Morgan fingerprint density at radius 3 is 2.60 bits per heavy atom. The van der Waals surface area contributed by atoms with E-state index in [0.717, 1.165) is 5.56 Å². The van der Waals surface area contributed by atoms with Crippen molar-refractivity contribution in [3.8, 4) is 0 Å². The van der Waals surface area contributed by atoms with Crippen molar-refractivity contribution in [3.05, 3.63) is 48.6 Å². The van der Waals surface area contributed by atoms with E-state index in [0.29, 0.717) is 13.0 Å². The van der Waals surface area contributed by atoms with E-state index in [4.69, 9.17) is 4.74 Å². The molecule has 15 heavy (non-hydrogen) atoms. The first-order valence-corrected chi connectivity index (χ1v) is 5.18. The van der Waals surface area contributed by atoms with Gasteiger partial charge in [-0.15, -0.1) is 6.58 Å². The highest BCUT2D eigenvalue weighted by atomic mass is 16.5. The van der Waals surface area contributed by atoms with Crippen molar-refractivity contribution in [2.24, 2.45) is 0 Å². The molecule has 0 heterocycles. The molecule has 0 spiro atoms. The van der Waals surface area contributed by atoms with Crippen molar-refractivity contribution >= 4 is 0 Å². The van der Waals surface area contributed by atoms with Crippen LogP contribution >= 0.6 is 0 Å². The van der Waals surface area contributed by atoms with Gasteiger partial charge in [0.15, 0.2) is 0 Å². The lowest BCUT2D eigenvalue weighted by Crippen LogP contribution is -2.25. The third-order valence-corrected chi connectivity index (χ3v) is 2.24. The van der Waals surface area contributed by atoms with Crippen LogP contribution in [0.25, 0.3) is 0 Å². The number of ether oxygens (including phenoxy) is 1. The molecule has 82 valence electrons. The van der Waals surface area contributed by atoms with Crippen LogP contribution in [0.3, 0.4) is 0 Å². The Balaban J connectivity index is 2.43. The Morgan fingerprint density at radius 1 is 1.40 bits per heavy atom. The molecule has 0 bridgehead atoms. The van der Waals surface area contributed by atoms with E-state index < -0.39 is 6.10 Å². The monoisotopic (exact) mass is 206 g/mol. The van der Waals surface area contributed by atoms with Gasteiger partial charge < -0.3 is 9.84 Å². The van der Waals surface area contributed by atoms with E-state index >= 15 is 0 Å². The minimum absolute atomic E-state index is 0.164. The molecule has 1 aromatic carbocycles. The molecule has 0 unspecified atom stereocenters. The molecule has 0 fully saturated rings. The van der Waals surface area contributed by atoms with E-state index in [-0.39, 0.29) is 6.10 Å². The van der Waals surface area contributed by atoms with E-state index in [1.165, 1.54) is 0 Å². The van der Waals surface area contributed by atoms with Crippen LogP contribution in [0.4, 0.5) is 0 Å². The summed E-state index contributed by atoms with van der Waals surface area (Å²) in [5, 5.41) is 9.45. The molecule has 2 nitrogen and oxygen atoms in total. The minimum atomic E-state index is -0.466. The second kappa shape index (κ2) is 6.38. The summed E-state index contributed by atoms with van der Waals surface area (Å²) < 4.78 is 5.61. The van der Waals surface area contributed by atoms with Gasteiger partial charge in [0.25, 0.3) is 0 Å². The Labute approximate surface area is 91.2 Å². The Bertz CT molecular complexity index is 280. The maximum Gasteiger partial charge on any atom is 0.0869 e. The lowest BCUT2D eigenvalue weighted by atomic mass is 10.1. The predicted octanol–water partition coefficient (Wildman–Crippen LogP) is 2.53. The molecule has 0 aromatic heterocycles. The molecule has 2 atom stereocenters. The van der Waals surface area contributed by atoms with Crippen LogP contribution in [0, 0.1) is 0 Å². The van der Waals surface area contributed by atoms with Crippen LogP contribution in [-0.4, -0.2) is 17.3 Å². The number of aliphatic hydroxyl groups excluding tert-OH is 1. The minimum Gasteiger partial charge on any atom is -0.391 e. The summed E-state index contributed by atoms with van der Waals surface area (Å²) in [6, 6.07) is 9.94. The molecule has 0 aliphatic carbocycles. The lowest BCUT2D eigenvalue weighted by molar-refractivity contribution is -0.0358. The van der Waals surface area contributed by atoms with Gasteiger partial charge in [0, 0.05) is 0 Å². The molecular formula is C13H18O2. The van der Waals surface area contributed by atoms with Crippen molar-refractivity contribution in [1.82, 2.24) is 0 Å². The quantitative estimate of drug-likeness (QED) is 0.725. The molecule has 0 saturated heterocycles. The highest BCUT2D eigenvalue weighted by molar-refractivity contribution is 5.13. The van der Waals surface area contributed by atoms with Crippen molar-refractivity contribution in [3.63, 3.8) is 0 Å². The third-order valence-electron chi connectivity index (χ3n) is 2.24. The van der Waals surface area contributed by atoms with E-state index in [1.807, 2.05) is 30.3 Å². The fourth-order valence-electron chi connectivity index (χ4n) is 1.35. The van der Waals surface area contributed by atoms with Gasteiger partial charge in [0.2, 0.25) is 0 Å². The molecule has 0 aliphatic rings. The molecular weight excluding hydrogens is 188 g/mol. The van der Waals surface area contributed by atoms with E-state index in [9.17, 15) is 5.11 Å². The summed E-state index contributed by atoms with van der Waals surface area (Å²) in [7, 11) is 0. The maximum atomic E-state index is 9.45. The zero-order valence-corrected chi connectivity index (χ0v) is 9.10. The second-order valence-corrected chi connectivity index (χ2v) is 3.60. The van der Waals surface area contributed by atoms with Gasteiger partial charge in [-0.05, 0) is 18.9 Å². The van der Waals surface area contributed by atoms with Crippen LogP contribution < -0.4 is 0 Å². The number of aliphatic hydroxyl groups is 1. The van der Waals surface area contributed by atoms with E-state index in [1.54, 1.807) is 13.0 Å². The molecule has 0 saturated carbocycles. The average Bonchev–Trinajstić information content (AvgIpc) is 2.25. The number of hydrogen-bond acceptors (Lipinski definition) is 2. The summed E-state index contributed by atoms with van der Waals surface area (Å²) in [5.41, 5.74) is 1.12. The summed E-state index contributed by atoms with van der Waals surface area (Å²) in [6.45, 7) is 5.91. The first-order chi connectivity index (χ1) is 7.24. The average molecular weight is 206 g/mol. The molecule has 1 aromatic rings. The highest BCUT2D eigenvalue weighted by Crippen LogP contribution is 2.09. The fraction of sp³-hybridized carbons (Fsp3) is 0.385. The number of hydrogen-bond donors (Lipinski definition) is 1. The van der Waals surface area contributed by atoms with Crippen LogP contribution in [0.5, 0.6) is 0 Å². The first-order valence-electron chi connectivity index (χ1n) is 5.18. The normalized spacial score (nSPS) is 14.5. The van der Waals surface area contributed by atoms with E-state index in [2.05, 4.69) is 6.58 Å². The Morgan fingerprint density at radius 2 is 2.07 bits per heavy atom. The van der Waals surface area contributed by atoms with Gasteiger partial charge in [-0.3, -0.25) is 0 Å². The summed E-state index contributed by atoms with van der Waals surface area (Å²) >= 11 is 0. The largest absolute Gasteiger partial charge is 0.391 e. The Kier molecular flexibility index (Phi) is 5.08. The van der Waals surface area contributed by atoms with Crippen LogP contribution in [0.15, 0.2) is 43.0 Å². The van der Waals surface area contributed by atoms with Gasteiger partial charge in [0.05, 0.1) is 18.8 Å². The van der Waals surface area contributed by atoms with Crippen molar-refractivity contribution < 1.29 is 9.84 Å². The zero-order chi connectivity index (χ0) is 11.1. The second-order valence-electron chi connectivity index (χ2n) is 3.60. The summed E-state index contributed by atoms with van der Waals surface area (Å²) in [4.78, 5) is 0. The summed E-state index contributed by atoms with van der Waals surface area (Å²) in [5.74, 6) is 0. The van der Waals surface area contributed by atoms with Gasteiger partial charge in [-0.1, -0.05) is 36.4 Å². The number of benzene rings is 1. The van der Waals surface area contributed by atoms with Crippen LogP contribution in [0.2, 0.25) is 0 Å². The van der Waals surface area contributed by atoms with Crippen molar-refractivity contribution in [1.29, 1.82) is 0 Å². The molecule has 2 heteroatoms. The molecule has 0 radical (unpaired) electrons. The molecule has 1 N–H and O–H groups in total. The van der Waals surface area contributed by atoms with Gasteiger partial charge in [0.1, 0.15) is 0 Å². The first kappa shape index (κ1) is 12.0. The molecule has 0 aliphatic heterocycles. The lowest BCUT2D eigenvalue weighted by Gasteiger charge is -2.19. The van der Waals surface area contributed by atoms with Crippen LogP contribution in [0.1, 0.15) is 18.9 Å². The predicted molar refractivity (Wildman–Crippen MR) is 61.5 cm³/mol. The molecule has 0 amide bonds.